The lowest BCUT2D eigenvalue weighted by Gasteiger charge is -2.29. The van der Waals surface area contributed by atoms with E-state index in [-0.39, 0.29) is 5.12 Å². The Hall–Kier alpha value is -0.0200. The first-order valence-corrected chi connectivity index (χ1v) is 5.22. The van der Waals surface area contributed by atoms with Crippen LogP contribution in [0.5, 0.6) is 0 Å². The van der Waals surface area contributed by atoms with E-state index < -0.39 is 5.60 Å². The van der Waals surface area contributed by atoms with Gasteiger partial charge in [0.15, 0.2) is 0 Å². The van der Waals surface area contributed by atoms with Crippen molar-refractivity contribution < 1.29 is 9.90 Å². The van der Waals surface area contributed by atoms with Gasteiger partial charge >= 0.3 is 0 Å². The summed E-state index contributed by atoms with van der Waals surface area (Å²) >= 11 is 1.14. The number of rotatable bonds is 1. The van der Waals surface area contributed by atoms with Crippen LogP contribution in [0.25, 0.3) is 0 Å². The summed E-state index contributed by atoms with van der Waals surface area (Å²) in [5, 5.41) is 9.71. The summed E-state index contributed by atoms with van der Waals surface area (Å²) < 4.78 is 0. The van der Waals surface area contributed by atoms with E-state index in [9.17, 15) is 9.90 Å². The third kappa shape index (κ3) is 1.97. The molecule has 2 nitrogen and oxygen atoms in total. The Morgan fingerprint density at radius 2 is 1.91 bits per heavy atom. The van der Waals surface area contributed by atoms with Gasteiger partial charge in [0.25, 0.3) is 0 Å². The maximum atomic E-state index is 11.2. The molecule has 0 saturated heterocycles. The van der Waals surface area contributed by atoms with Gasteiger partial charge in [-0.15, -0.1) is 0 Å². The highest BCUT2D eigenvalue weighted by atomic mass is 32.2. The monoisotopic (exact) mass is 174 g/mol. The summed E-state index contributed by atoms with van der Waals surface area (Å²) in [7, 11) is 0. The van der Waals surface area contributed by atoms with Crippen LogP contribution >= 0.6 is 11.8 Å². The molecule has 0 aromatic rings. The van der Waals surface area contributed by atoms with Crippen LogP contribution in [-0.4, -0.2) is 22.1 Å². The molecule has 0 amide bonds. The van der Waals surface area contributed by atoms with Crippen LogP contribution in [0.2, 0.25) is 0 Å². The lowest BCUT2D eigenvalue weighted by molar-refractivity contribution is -0.130. The van der Waals surface area contributed by atoms with Gasteiger partial charge in [-0.05, 0) is 19.1 Å². The second-order valence-electron chi connectivity index (χ2n) is 3.08. The topological polar surface area (TPSA) is 37.3 Å². The second kappa shape index (κ2) is 3.59. The van der Waals surface area contributed by atoms with Crippen molar-refractivity contribution in [1.29, 1.82) is 0 Å². The number of aliphatic hydroxyl groups is 1. The molecule has 0 unspecified atom stereocenters. The van der Waals surface area contributed by atoms with Crippen LogP contribution in [-0.2, 0) is 4.79 Å². The van der Waals surface area contributed by atoms with Gasteiger partial charge in [0.1, 0.15) is 5.60 Å². The third-order valence-electron chi connectivity index (χ3n) is 2.25. The standard InChI is InChI=1S/C8H14O2S/c1-11-7(9)8(10)5-3-2-4-6-8/h10H,2-6H2,1H3. The SMILES string of the molecule is CSC(=O)C1(O)CCCCC1. The Morgan fingerprint density at radius 1 is 1.36 bits per heavy atom. The Morgan fingerprint density at radius 3 is 2.36 bits per heavy atom. The van der Waals surface area contributed by atoms with Crippen molar-refractivity contribution in [1.82, 2.24) is 0 Å². The lowest BCUT2D eigenvalue weighted by atomic mass is 9.86. The number of carbonyl (C=O) groups is 1. The zero-order valence-electron chi connectivity index (χ0n) is 6.80. The van der Waals surface area contributed by atoms with Gasteiger partial charge in [-0.3, -0.25) is 4.79 Å². The van der Waals surface area contributed by atoms with Gasteiger partial charge < -0.3 is 5.11 Å². The van der Waals surface area contributed by atoms with Crippen molar-refractivity contribution in [3.05, 3.63) is 0 Å². The van der Waals surface area contributed by atoms with E-state index in [2.05, 4.69) is 0 Å². The quantitative estimate of drug-likeness (QED) is 0.655. The fourth-order valence-corrected chi connectivity index (χ4v) is 2.11. The largest absolute Gasteiger partial charge is 0.381 e. The van der Waals surface area contributed by atoms with Crippen LogP contribution in [0.1, 0.15) is 32.1 Å². The molecular formula is C8H14O2S. The number of thioether (sulfide) groups is 1. The molecule has 11 heavy (non-hydrogen) atoms. The zero-order chi connectivity index (χ0) is 8.32. The third-order valence-corrected chi connectivity index (χ3v) is 3.00. The maximum Gasteiger partial charge on any atom is 0.220 e. The van der Waals surface area contributed by atoms with Crippen molar-refractivity contribution in [2.75, 3.05) is 6.26 Å². The summed E-state index contributed by atoms with van der Waals surface area (Å²) in [6.07, 6.45) is 6.18. The summed E-state index contributed by atoms with van der Waals surface area (Å²) in [5.41, 5.74) is -0.988. The molecule has 1 aliphatic carbocycles. The van der Waals surface area contributed by atoms with E-state index in [4.69, 9.17) is 0 Å². The summed E-state index contributed by atoms with van der Waals surface area (Å²) in [6.45, 7) is 0. The van der Waals surface area contributed by atoms with Crippen LogP contribution in [0, 0.1) is 0 Å². The predicted molar refractivity (Wildman–Crippen MR) is 46.6 cm³/mol. The van der Waals surface area contributed by atoms with Crippen molar-refractivity contribution in [3.8, 4) is 0 Å². The summed E-state index contributed by atoms with van der Waals surface area (Å²) in [6, 6.07) is 0. The maximum absolute atomic E-state index is 11.2. The molecule has 1 aliphatic rings. The fraction of sp³-hybridized carbons (Fsp3) is 0.875. The minimum absolute atomic E-state index is 0.0581. The van der Waals surface area contributed by atoms with Gasteiger partial charge in [0.05, 0.1) is 0 Å². The number of hydrogen-bond acceptors (Lipinski definition) is 3. The van der Waals surface area contributed by atoms with Crippen molar-refractivity contribution in [2.24, 2.45) is 0 Å². The Bertz CT molecular complexity index is 150. The average Bonchev–Trinajstić information content (AvgIpc) is 2.04. The van der Waals surface area contributed by atoms with Gasteiger partial charge in [-0.1, -0.05) is 31.0 Å². The molecule has 0 aromatic heterocycles. The average molecular weight is 174 g/mol. The van der Waals surface area contributed by atoms with Gasteiger partial charge in [-0.2, -0.15) is 0 Å². The molecule has 0 spiro atoms. The highest BCUT2D eigenvalue weighted by molar-refractivity contribution is 8.13. The fourth-order valence-electron chi connectivity index (χ4n) is 1.53. The van der Waals surface area contributed by atoms with Crippen LogP contribution in [0.15, 0.2) is 0 Å². The zero-order valence-corrected chi connectivity index (χ0v) is 7.62. The van der Waals surface area contributed by atoms with E-state index in [1.165, 1.54) is 0 Å². The van der Waals surface area contributed by atoms with Gasteiger partial charge in [0, 0.05) is 0 Å². The normalized spacial score (nSPS) is 23.1. The molecule has 1 fully saturated rings. The first-order valence-electron chi connectivity index (χ1n) is 4.00. The van der Waals surface area contributed by atoms with E-state index in [0.717, 1.165) is 31.0 Å². The van der Waals surface area contributed by atoms with Gasteiger partial charge in [-0.25, -0.2) is 0 Å². The molecule has 64 valence electrons. The molecule has 0 aliphatic heterocycles. The number of carbonyl (C=O) groups excluding carboxylic acids is 1. The van der Waals surface area contributed by atoms with Gasteiger partial charge in [0.2, 0.25) is 5.12 Å². The molecular weight excluding hydrogens is 160 g/mol. The Balaban J connectivity index is 2.56. The summed E-state index contributed by atoms with van der Waals surface area (Å²) in [4.78, 5) is 11.2. The summed E-state index contributed by atoms with van der Waals surface area (Å²) in [5.74, 6) is 0. The molecule has 0 heterocycles. The van der Waals surface area contributed by atoms with Crippen molar-refractivity contribution in [2.45, 2.75) is 37.7 Å². The lowest BCUT2D eigenvalue weighted by Crippen LogP contribution is -2.38. The molecule has 0 atom stereocenters. The van der Waals surface area contributed by atoms with E-state index in [1.54, 1.807) is 6.26 Å². The minimum Gasteiger partial charge on any atom is -0.381 e. The molecule has 3 heteroatoms. The molecule has 0 radical (unpaired) electrons. The molecule has 1 N–H and O–H groups in total. The van der Waals surface area contributed by atoms with Crippen molar-refractivity contribution in [3.63, 3.8) is 0 Å². The van der Waals surface area contributed by atoms with Crippen LogP contribution in [0.3, 0.4) is 0 Å². The Kier molecular flexibility index (Phi) is 2.96. The predicted octanol–water partition coefficient (Wildman–Crippen LogP) is 1.57. The highest BCUT2D eigenvalue weighted by Crippen LogP contribution is 2.31. The first-order chi connectivity index (χ1) is 5.19. The second-order valence-corrected chi connectivity index (χ2v) is 3.86. The highest BCUT2D eigenvalue weighted by Gasteiger charge is 2.35. The van der Waals surface area contributed by atoms with Crippen molar-refractivity contribution >= 4 is 16.9 Å². The molecule has 1 rings (SSSR count). The van der Waals surface area contributed by atoms with Crippen LogP contribution < -0.4 is 0 Å². The van der Waals surface area contributed by atoms with E-state index in [0.29, 0.717) is 12.8 Å². The first kappa shape index (κ1) is 9.07. The van der Waals surface area contributed by atoms with E-state index in [1.807, 2.05) is 0 Å². The molecule has 0 aromatic carbocycles. The smallest absolute Gasteiger partial charge is 0.220 e. The molecule has 0 bridgehead atoms. The van der Waals surface area contributed by atoms with E-state index >= 15 is 0 Å². The Labute approximate surface area is 71.4 Å². The minimum atomic E-state index is -0.988. The molecule has 1 saturated carbocycles. The number of hydrogen-bond donors (Lipinski definition) is 1. The van der Waals surface area contributed by atoms with Crippen LogP contribution in [0.4, 0.5) is 0 Å².